The van der Waals surface area contributed by atoms with E-state index in [-0.39, 0.29) is 0 Å². The van der Waals surface area contributed by atoms with Gasteiger partial charge in [0.15, 0.2) is 0 Å². The number of likely N-dealkylation sites (tertiary alicyclic amines) is 1. The molecule has 0 amide bonds. The van der Waals surface area contributed by atoms with Crippen LogP contribution >= 0.6 is 0 Å². The molecule has 0 aliphatic carbocycles. The number of hydrogen-bond acceptors (Lipinski definition) is 2. The van der Waals surface area contributed by atoms with Gasteiger partial charge >= 0.3 is 5.97 Å². The smallest absolute Gasteiger partial charge is 0.335 e. The maximum atomic E-state index is 10.9. The Morgan fingerprint density at radius 3 is 2.20 bits per heavy atom. The first-order valence-corrected chi connectivity index (χ1v) is 9.20. The van der Waals surface area contributed by atoms with Crippen molar-refractivity contribution in [3.63, 3.8) is 0 Å². The van der Waals surface area contributed by atoms with E-state index >= 15 is 0 Å². The number of aromatic carboxylic acids is 1. The molecule has 2 aromatic carbocycles. The lowest BCUT2D eigenvalue weighted by atomic mass is 9.90. The van der Waals surface area contributed by atoms with E-state index in [2.05, 4.69) is 36.1 Å². The first kappa shape index (κ1) is 17.7. The Morgan fingerprint density at radius 2 is 1.60 bits per heavy atom. The predicted molar refractivity (Wildman–Crippen MR) is 101 cm³/mol. The van der Waals surface area contributed by atoms with Crippen LogP contribution in [-0.4, -0.2) is 29.1 Å². The molecule has 1 fully saturated rings. The number of carboxylic acids is 1. The van der Waals surface area contributed by atoms with Crippen molar-refractivity contribution in [1.82, 2.24) is 4.90 Å². The van der Waals surface area contributed by atoms with Gasteiger partial charge in [-0.2, -0.15) is 0 Å². The lowest BCUT2D eigenvalue weighted by Gasteiger charge is -2.32. The Bertz CT molecular complexity index is 683. The fraction of sp³-hybridized carbons (Fsp3) is 0.409. The molecule has 0 bridgehead atoms. The molecule has 3 nitrogen and oxygen atoms in total. The van der Waals surface area contributed by atoms with Crippen molar-refractivity contribution in [3.05, 3.63) is 70.8 Å². The molecule has 1 aliphatic rings. The lowest BCUT2D eigenvalue weighted by Crippen LogP contribution is -2.33. The maximum absolute atomic E-state index is 10.9. The molecule has 0 atom stereocenters. The topological polar surface area (TPSA) is 40.5 Å². The number of aryl methyl sites for hydroxylation is 2. The van der Waals surface area contributed by atoms with Gasteiger partial charge in [-0.05, 0) is 74.9 Å². The summed E-state index contributed by atoms with van der Waals surface area (Å²) in [5.74, 6) is -0.0344. The summed E-state index contributed by atoms with van der Waals surface area (Å²) in [6.45, 7) is 5.33. The third-order valence-electron chi connectivity index (χ3n) is 5.28. The highest BCUT2D eigenvalue weighted by Gasteiger charge is 2.19. The van der Waals surface area contributed by atoms with Gasteiger partial charge in [0.25, 0.3) is 0 Å². The van der Waals surface area contributed by atoms with Gasteiger partial charge in [0.1, 0.15) is 0 Å². The van der Waals surface area contributed by atoms with E-state index in [1.54, 1.807) is 12.1 Å². The molecule has 0 spiro atoms. The van der Waals surface area contributed by atoms with E-state index in [0.29, 0.717) is 5.56 Å². The summed E-state index contributed by atoms with van der Waals surface area (Å²) >= 11 is 0. The van der Waals surface area contributed by atoms with Crippen LogP contribution in [0.15, 0.2) is 48.5 Å². The monoisotopic (exact) mass is 337 g/mol. The van der Waals surface area contributed by atoms with Crippen molar-refractivity contribution in [3.8, 4) is 0 Å². The Balaban J connectivity index is 1.42. The third kappa shape index (κ3) is 5.17. The van der Waals surface area contributed by atoms with Crippen LogP contribution in [0.2, 0.25) is 0 Å². The Hall–Kier alpha value is -2.13. The zero-order valence-electron chi connectivity index (χ0n) is 14.9. The van der Waals surface area contributed by atoms with Crippen LogP contribution in [-0.2, 0) is 13.0 Å². The van der Waals surface area contributed by atoms with Gasteiger partial charge in [-0.1, -0.05) is 42.0 Å². The zero-order chi connectivity index (χ0) is 17.6. The van der Waals surface area contributed by atoms with E-state index in [9.17, 15) is 4.79 Å². The minimum absolute atomic E-state index is 0.360. The Labute approximate surface area is 150 Å². The summed E-state index contributed by atoms with van der Waals surface area (Å²) in [6, 6.07) is 16.2. The second-order valence-corrected chi connectivity index (χ2v) is 7.25. The van der Waals surface area contributed by atoms with Crippen molar-refractivity contribution in [2.24, 2.45) is 5.92 Å². The highest BCUT2D eigenvalue weighted by Crippen LogP contribution is 2.23. The number of carbonyl (C=O) groups is 1. The third-order valence-corrected chi connectivity index (χ3v) is 5.28. The summed E-state index contributed by atoms with van der Waals surface area (Å²) in [5, 5.41) is 8.96. The summed E-state index contributed by atoms with van der Waals surface area (Å²) in [7, 11) is 0. The number of rotatable bonds is 6. The molecule has 3 rings (SSSR count). The van der Waals surface area contributed by atoms with Crippen LogP contribution in [0.1, 0.15) is 46.3 Å². The Morgan fingerprint density at radius 1 is 1.00 bits per heavy atom. The fourth-order valence-corrected chi connectivity index (χ4v) is 3.57. The molecule has 2 aromatic rings. The van der Waals surface area contributed by atoms with Crippen LogP contribution in [0.5, 0.6) is 0 Å². The number of nitrogens with zero attached hydrogens (tertiary/aromatic N) is 1. The molecule has 1 aliphatic heterocycles. The highest BCUT2D eigenvalue weighted by molar-refractivity contribution is 5.87. The van der Waals surface area contributed by atoms with E-state index in [4.69, 9.17) is 5.11 Å². The number of hydrogen-bond donors (Lipinski definition) is 1. The average molecular weight is 337 g/mol. The fourth-order valence-electron chi connectivity index (χ4n) is 3.57. The average Bonchev–Trinajstić information content (AvgIpc) is 2.63. The van der Waals surface area contributed by atoms with Gasteiger partial charge in [0.05, 0.1) is 5.56 Å². The largest absolute Gasteiger partial charge is 0.478 e. The summed E-state index contributed by atoms with van der Waals surface area (Å²) in [6.07, 6.45) is 4.99. The van der Waals surface area contributed by atoms with Crippen LogP contribution in [0, 0.1) is 12.8 Å². The molecule has 1 N–H and O–H groups in total. The lowest BCUT2D eigenvalue weighted by molar-refractivity contribution is 0.0697. The van der Waals surface area contributed by atoms with Gasteiger partial charge in [0, 0.05) is 6.54 Å². The van der Waals surface area contributed by atoms with Gasteiger partial charge < -0.3 is 5.11 Å². The van der Waals surface area contributed by atoms with Crippen molar-refractivity contribution in [2.45, 2.75) is 39.2 Å². The molecule has 1 heterocycles. The molecule has 0 radical (unpaired) electrons. The van der Waals surface area contributed by atoms with Gasteiger partial charge in [-0.3, -0.25) is 4.90 Å². The molecule has 3 heteroatoms. The standard InChI is InChI=1S/C22H27NO2/c1-17-2-4-18(5-3-17)6-7-19-12-14-23(15-13-19)16-20-8-10-21(11-9-20)22(24)25/h2-5,8-11,19H,6-7,12-16H2,1H3,(H,24,25). The van der Waals surface area contributed by atoms with E-state index in [1.807, 2.05) is 12.1 Å². The van der Waals surface area contributed by atoms with Gasteiger partial charge in [-0.15, -0.1) is 0 Å². The second kappa shape index (κ2) is 8.30. The van der Waals surface area contributed by atoms with Gasteiger partial charge in [0.2, 0.25) is 0 Å². The SMILES string of the molecule is Cc1ccc(CCC2CCN(Cc3ccc(C(=O)O)cc3)CC2)cc1. The molecular formula is C22H27NO2. The summed E-state index contributed by atoms with van der Waals surface area (Å²) in [4.78, 5) is 13.4. The minimum atomic E-state index is -0.860. The molecule has 132 valence electrons. The minimum Gasteiger partial charge on any atom is -0.478 e. The summed E-state index contributed by atoms with van der Waals surface area (Å²) in [5.41, 5.74) is 4.33. The van der Waals surface area contributed by atoms with Crippen LogP contribution in [0.25, 0.3) is 0 Å². The van der Waals surface area contributed by atoms with Crippen molar-refractivity contribution >= 4 is 5.97 Å². The zero-order valence-corrected chi connectivity index (χ0v) is 14.9. The number of carboxylic acid groups (broad SMARTS) is 1. The van der Waals surface area contributed by atoms with Crippen LogP contribution in [0.4, 0.5) is 0 Å². The normalized spacial score (nSPS) is 16.0. The molecule has 0 unspecified atom stereocenters. The maximum Gasteiger partial charge on any atom is 0.335 e. The van der Waals surface area contributed by atoms with Gasteiger partial charge in [-0.25, -0.2) is 4.79 Å². The van der Waals surface area contributed by atoms with Crippen molar-refractivity contribution < 1.29 is 9.90 Å². The van der Waals surface area contributed by atoms with E-state index < -0.39 is 5.97 Å². The highest BCUT2D eigenvalue weighted by atomic mass is 16.4. The Kier molecular flexibility index (Phi) is 5.87. The second-order valence-electron chi connectivity index (χ2n) is 7.25. The molecule has 0 aromatic heterocycles. The quantitative estimate of drug-likeness (QED) is 0.841. The molecule has 25 heavy (non-hydrogen) atoms. The first-order chi connectivity index (χ1) is 12.1. The summed E-state index contributed by atoms with van der Waals surface area (Å²) < 4.78 is 0. The predicted octanol–water partition coefficient (Wildman–Crippen LogP) is 4.54. The van der Waals surface area contributed by atoms with E-state index in [1.165, 1.54) is 42.4 Å². The van der Waals surface area contributed by atoms with E-state index in [0.717, 1.165) is 25.6 Å². The van der Waals surface area contributed by atoms with Crippen molar-refractivity contribution in [1.29, 1.82) is 0 Å². The van der Waals surface area contributed by atoms with Crippen molar-refractivity contribution in [2.75, 3.05) is 13.1 Å². The van der Waals surface area contributed by atoms with Crippen LogP contribution < -0.4 is 0 Å². The molecule has 1 saturated heterocycles. The van der Waals surface area contributed by atoms with Crippen LogP contribution in [0.3, 0.4) is 0 Å². The molecular weight excluding hydrogens is 310 g/mol. The first-order valence-electron chi connectivity index (χ1n) is 9.20. The number of piperidine rings is 1. The molecule has 0 saturated carbocycles. The number of benzene rings is 2.